The van der Waals surface area contributed by atoms with Crippen LogP contribution in [0.4, 0.5) is 4.39 Å². The molecular weight excluding hydrogens is 367 g/mol. The van der Waals surface area contributed by atoms with E-state index in [9.17, 15) is 9.18 Å². The van der Waals surface area contributed by atoms with E-state index < -0.39 is 0 Å². The molecule has 0 radical (unpaired) electrons. The lowest BCUT2D eigenvalue weighted by molar-refractivity contribution is -0.124. The van der Waals surface area contributed by atoms with Gasteiger partial charge in [-0.3, -0.25) is 10.2 Å². The molecule has 1 aromatic rings. The van der Waals surface area contributed by atoms with E-state index in [-0.39, 0.29) is 17.6 Å². The molecule has 148 valence electrons. The summed E-state index contributed by atoms with van der Waals surface area (Å²) < 4.78 is 14.4. The number of fused-ring (bicyclic) bond motifs is 2. The van der Waals surface area contributed by atoms with Crippen LogP contribution < -0.4 is 10.7 Å². The van der Waals surface area contributed by atoms with E-state index in [4.69, 9.17) is 0 Å². The van der Waals surface area contributed by atoms with Crippen molar-refractivity contribution < 1.29 is 9.18 Å². The summed E-state index contributed by atoms with van der Waals surface area (Å²) in [6, 6.07) is 3.16. The Morgan fingerprint density at radius 3 is 2.97 bits per heavy atom. The lowest BCUT2D eigenvalue weighted by Crippen LogP contribution is -2.30. The fourth-order valence-corrected chi connectivity index (χ4v) is 4.69. The summed E-state index contributed by atoms with van der Waals surface area (Å²) in [4.78, 5) is 14.1. The number of amides is 1. The molecule has 2 heterocycles. The Bertz CT molecular complexity index is 1080. The molecule has 0 spiro atoms. The minimum Gasteiger partial charge on any atom is -0.375 e. The lowest BCUT2D eigenvalue weighted by atomic mass is 9.82. The van der Waals surface area contributed by atoms with Crippen molar-refractivity contribution in [2.45, 2.75) is 19.3 Å². The number of benzene rings is 1. The van der Waals surface area contributed by atoms with E-state index in [0.29, 0.717) is 0 Å². The van der Waals surface area contributed by atoms with Crippen LogP contribution >= 0.6 is 0 Å². The Morgan fingerprint density at radius 2 is 2.21 bits per heavy atom. The first-order valence-electron chi connectivity index (χ1n) is 9.98. The number of carbonyl (C=O) groups is 1. The molecule has 6 heteroatoms. The maximum absolute atomic E-state index is 14.4. The summed E-state index contributed by atoms with van der Waals surface area (Å²) in [6.45, 7) is 0.751. The molecule has 29 heavy (non-hydrogen) atoms. The molecular formula is C23H23FN4O. The maximum Gasteiger partial charge on any atom is 0.223 e. The van der Waals surface area contributed by atoms with Crippen LogP contribution in [-0.4, -0.2) is 37.2 Å². The van der Waals surface area contributed by atoms with Crippen molar-refractivity contribution in [1.29, 1.82) is 0 Å². The van der Waals surface area contributed by atoms with Crippen molar-refractivity contribution >= 4 is 23.3 Å². The zero-order valence-electron chi connectivity index (χ0n) is 16.6. The smallest absolute Gasteiger partial charge is 0.223 e. The van der Waals surface area contributed by atoms with Gasteiger partial charge in [0, 0.05) is 43.9 Å². The van der Waals surface area contributed by atoms with Crippen molar-refractivity contribution in [2.75, 3.05) is 20.6 Å². The molecule has 0 saturated heterocycles. The minimum atomic E-state index is -0.244. The summed E-state index contributed by atoms with van der Waals surface area (Å²) in [5, 5.41) is 7.38. The van der Waals surface area contributed by atoms with Gasteiger partial charge in [0.1, 0.15) is 5.82 Å². The van der Waals surface area contributed by atoms with Crippen LogP contribution in [0.2, 0.25) is 0 Å². The van der Waals surface area contributed by atoms with Crippen LogP contribution in [-0.2, 0) is 4.79 Å². The molecule has 0 saturated carbocycles. The number of carbonyl (C=O) groups excluding carboxylic acids is 1. The number of hydrogen-bond donors (Lipinski definition) is 2. The second kappa shape index (κ2) is 6.72. The molecule has 2 aliphatic heterocycles. The van der Waals surface area contributed by atoms with Gasteiger partial charge < -0.3 is 10.2 Å². The molecule has 0 aromatic heterocycles. The fraction of sp³-hybridized carbons (Fsp3) is 0.304. The minimum absolute atomic E-state index is 0.0329. The molecule has 1 amide bonds. The van der Waals surface area contributed by atoms with Crippen molar-refractivity contribution in [3.63, 3.8) is 0 Å². The number of rotatable bonds is 2. The Morgan fingerprint density at radius 1 is 1.34 bits per heavy atom. The van der Waals surface area contributed by atoms with Gasteiger partial charge in [-0.25, -0.2) is 4.39 Å². The van der Waals surface area contributed by atoms with Crippen molar-refractivity contribution in [1.82, 2.24) is 15.6 Å². The summed E-state index contributed by atoms with van der Waals surface area (Å²) in [5.41, 5.74) is 11.1. The maximum atomic E-state index is 14.4. The van der Waals surface area contributed by atoms with E-state index in [0.717, 1.165) is 59.5 Å². The average Bonchev–Trinajstić information content (AvgIpc) is 3.06. The second-order valence-corrected chi connectivity index (χ2v) is 7.99. The zero-order chi connectivity index (χ0) is 20.1. The molecule has 1 unspecified atom stereocenters. The first-order valence-corrected chi connectivity index (χ1v) is 9.98. The summed E-state index contributed by atoms with van der Waals surface area (Å²) in [5.74, 6) is -0.107. The highest BCUT2D eigenvalue weighted by Crippen LogP contribution is 2.40. The lowest BCUT2D eigenvalue weighted by Gasteiger charge is -2.31. The van der Waals surface area contributed by atoms with E-state index >= 15 is 0 Å². The number of hydrazone groups is 1. The van der Waals surface area contributed by atoms with Crippen molar-refractivity contribution in [2.24, 2.45) is 11.0 Å². The standard InChI is InChI=1S/C23H23FN4O/c1-25-23(29)14-5-3-13(4-6-14)18-11-28(2)12-19-17-10-16(24)9-15-7-8-20(21(15)17)26-27-22(18)19/h3,7-10,12,14,27H,4-6,11H2,1-2H3,(H,25,29). The van der Waals surface area contributed by atoms with Crippen LogP contribution in [0.1, 0.15) is 36.0 Å². The Kier molecular flexibility index (Phi) is 4.15. The summed E-state index contributed by atoms with van der Waals surface area (Å²) in [6.07, 6.45) is 10.5. The third-order valence-electron chi connectivity index (χ3n) is 6.13. The zero-order valence-corrected chi connectivity index (χ0v) is 16.6. The molecule has 1 atom stereocenters. The van der Waals surface area contributed by atoms with Gasteiger partial charge >= 0.3 is 0 Å². The van der Waals surface area contributed by atoms with Crippen LogP contribution in [0.5, 0.6) is 0 Å². The Hall–Kier alpha value is -3.15. The topological polar surface area (TPSA) is 56.7 Å². The van der Waals surface area contributed by atoms with E-state index in [1.807, 2.05) is 19.2 Å². The van der Waals surface area contributed by atoms with E-state index in [2.05, 4.69) is 33.0 Å². The third-order valence-corrected chi connectivity index (χ3v) is 6.13. The summed E-state index contributed by atoms with van der Waals surface area (Å²) >= 11 is 0. The number of halogens is 1. The SMILES string of the molecule is CNC(=O)C1CC=C(C2=C3NN=C4C=Cc5cc(F)cc(c54)C3=CN(C)C2)CC1. The highest BCUT2D eigenvalue weighted by Gasteiger charge is 2.31. The Balaban J connectivity index is 1.61. The molecule has 0 fully saturated rings. The molecule has 2 N–H and O–H groups in total. The monoisotopic (exact) mass is 390 g/mol. The summed E-state index contributed by atoms with van der Waals surface area (Å²) in [7, 11) is 3.72. The largest absolute Gasteiger partial charge is 0.375 e. The van der Waals surface area contributed by atoms with Gasteiger partial charge in [0.15, 0.2) is 0 Å². The molecule has 0 bridgehead atoms. The predicted octanol–water partition coefficient (Wildman–Crippen LogP) is 3.17. The van der Waals surface area contributed by atoms with Crippen molar-refractivity contribution in [3.05, 3.63) is 69.8 Å². The molecule has 1 aromatic carbocycles. The van der Waals surface area contributed by atoms with Gasteiger partial charge in [0.05, 0.1) is 11.4 Å². The predicted molar refractivity (Wildman–Crippen MR) is 112 cm³/mol. The normalized spacial score (nSPS) is 22.1. The molecule has 5 nitrogen and oxygen atoms in total. The third kappa shape index (κ3) is 2.90. The molecule has 2 aliphatic carbocycles. The van der Waals surface area contributed by atoms with Gasteiger partial charge in [-0.15, -0.1) is 0 Å². The Labute approximate surface area is 169 Å². The fourth-order valence-electron chi connectivity index (χ4n) is 4.69. The number of hydrogen-bond acceptors (Lipinski definition) is 4. The first-order chi connectivity index (χ1) is 14.0. The van der Waals surface area contributed by atoms with Gasteiger partial charge in [-0.05, 0) is 59.7 Å². The van der Waals surface area contributed by atoms with Gasteiger partial charge in [-0.1, -0.05) is 12.2 Å². The molecule has 4 aliphatic rings. The molecule has 5 rings (SSSR count). The quantitative estimate of drug-likeness (QED) is 0.816. The van der Waals surface area contributed by atoms with Crippen LogP contribution in [0, 0.1) is 11.7 Å². The van der Waals surface area contributed by atoms with Crippen molar-refractivity contribution in [3.8, 4) is 0 Å². The van der Waals surface area contributed by atoms with E-state index in [1.165, 1.54) is 11.1 Å². The van der Waals surface area contributed by atoms with Crippen LogP contribution in [0.25, 0.3) is 11.6 Å². The number of nitrogens with one attached hydrogen (secondary N) is 2. The van der Waals surface area contributed by atoms with Gasteiger partial charge in [-0.2, -0.15) is 5.10 Å². The van der Waals surface area contributed by atoms with Crippen LogP contribution in [0.3, 0.4) is 0 Å². The number of likely N-dealkylation sites (N-methyl/N-ethyl adjacent to an activating group) is 1. The highest BCUT2D eigenvalue weighted by atomic mass is 19.1. The van der Waals surface area contributed by atoms with Gasteiger partial charge in [0.25, 0.3) is 0 Å². The van der Waals surface area contributed by atoms with Crippen LogP contribution in [0.15, 0.2) is 52.4 Å². The highest BCUT2D eigenvalue weighted by molar-refractivity contribution is 6.20. The average molecular weight is 390 g/mol. The second-order valence-electron chi connectivity index (χ2n) is 7.99. The first kappa shape index (κ1) is 17.9. The van der Waals surface area contributed by atoms with Gasteiger partial charge in [0.2, 0.25) is 5.91 Å². The number of allylic oxidation sites excluding steroid dienone is 3. The number of nitrogens with zero attached hydrogens (tertiary/aromatic N) is 2. The van der Waals surface area contributed by atoms with E-state index in [1.54, 1.807) is 19.2 Å².